The maximum atomic E-state index is 11.9. The van der Waals surface area contributed by atoms with Crippen LogP contribution in [0.15, 0.2) is 17.5 Å². The lowest BCUT2D eigenvalue weighted by Gasteiger charge is -2.05. The fraction of sp³-hybridized carbons (Fsp3) is 0.429. The van der Waals surface area contributed by atoms with Gasteiger partial charge in [0.05, 0.1) is 12.1 Å². The molecular weight excluding hydrogens is 258 g/mol. The molecule has 2 aromatic heterocycles. The van der Waals surface area contributed by atoms with Crippen molar-refractivity contribution in [1.82, 2.24) is 15.1 Å². The second-order valence-corrected chi connectivity index (χ2v) is 5.66. The van der Waals surface area contributed by atoms with Crippen LogP contribution in [-0.4, -0.2) is 22.2 Å². The molecule has 0 radical (unpaired) electrons. The average Bonchev–Trinajstić information content (AvgIpc) is 2.94. The van der Waals surface area contributed by atoms with Gasteiger partial charge < -0.3 is 5.32 Å². The van der Waals surface area contributed by atoms with Crippen LogP contribution in [-0.2, 0) is 24.7 Å². The van der Waals surface area contributed by atoms with Gasteiger partial charge in [0.2, 0.25) is 5.91 Å². The Kier molecular flexibility index (Phi) is 4.37. The van der Waals surface area contributed by atoms with Crippen molar-refractivity contribution in [3.8, 4) is 0 Å². The summed E-state index contributed by atoms with van der Waals surface area (Å²) in [7, 11) is 1.90. The van der Waals surface area contributed by atoms with Crippen LogP contribution in [0.2, 0.25) is 0 Å². The first-order valence-electron chi connectivity index (χ1n) is 6.36. The number of carbonyl (C=O) groups is 1. The lowest BCUT2D eigenvalue weighted by atomic mass is 10.1. The largest absolute Gasteiger partial charge is 0.355 e. The standard InChI is InChI=1S/C14H19N3OS/c1-10-13(11(2)17(3)16-10)9-14(18)15-7-6-12-5-4-8-19-12/h4-5,8H,6-7,9H2,1-3H3,(H,15,18). The normalized spacial score (nSPS) is 10.7. The molecule has 2 heterocycles. The molecule has 19 heavy (non-hydrogen) atoms. The van der Waals surface area contributed by atoms with Crippen LogP contribution in [0.4, 0.5) is 0 Å². The van der Waals surface area contributed by atoms with Crippen LogP contribution in [0.1, 0.15) is 21.8 Å². The zero-order chi connectivity index (χ0) is 13.8. The van der Waals surface area contributed by atoms with Crippen molar-refractivity contribution in [2.24, 2.45) is 7.05 Å². The van der Waals surface area contributed by atoms with E-state index in [9.17, 15) is 4.79 Å². The number of hydrogen-bond acceptors (Lipinski definition) is 3. The number of nitrogens with zero attached hydrogens (tertiary/aromatic N) is 2. The molecular formula is C14H19N3OS. The lowest BCUT2D eigenvalue weighted by Crippen LogP contribution is -2.27. The molecule has 2 rings (SSSR count). The van der Waals surface area contributed by atoms with E-state index in [0.29, 0.717) is 13.0 Å². The third-order valence-electron chi connectivity index (χ3n) is 3.27. The van der Waals surface area contributed by atoms with Gasteiger partial charge in [0.15, 0.2) is 0 Å². The Morgan fingerprint density at radius 2 is 2.26 bits per heavy atom. The van der Waals surface area contributed by atoms with Gasteiger partial charge in [-0.15, -0.1) is 11.3 Å². The number of amides is 1. The van der Waals surface area contributed by atoms with E-state index in [1.165, 1.54) is 4.88 Å². The van der Waals surface area contributed by atoms with Crippen LogP contribution in [0.25, 0.3) is 0 Å². The third-order valence-corrected chi connectivity index (χ3v) is 4.21. The Morgan fingerprint density at radius 1 is 1.47 bits per heavy atom. The molecule has 0 saturated heterocycles. The minimum atomic E-state index is 0.0655. The minimum absolute atomic E-state index is 0.0655. The van der Waals surface area contributed by atoms with E-state index in [4.69, 9.17) is 0 Å². The van der Waals surface area contributed by atoms with Crippen LogP contribution < -0.4 is 5.32 Å². The molecule has 4 nitrogen and oxygen atoms in total. The second-order valence-electron chi connectivity index (χ2n) is 4.63. The number of aromatic nitrogens is 2. The van der Waals surface area contributed by atoms with E-state index in [-0.39, 0.29) is 5.91 Å². The van der Waals surface area contributed by atoms with Crippen LogP contribution in [0.3, 0.4) is 0 Å². The zero-order valence-electron chi connectivity index (χ0n) is 11.6. The van der Waals surface area contributed by atoms with Crippen molar-refractivity contribution >= 4 is 17.2 Å². The molecule has 2 aromatic rings. The Hall–Kier alpha value is -1.62. The van der Waals surface area contributed by atoms with Crippen molar-refractivity contribution < 1.29 is 4.79 Å². The molecule has 0 aromatic carbocycles. The van der Waals surface area contributed by atoms with Gasteiger partial charge in [-0.05, 0) is 31.7 Å². The highest BCUT2D eigenvalue weighted by Crippen LogP contribution is 2.12. The molecule has 102 valence electrons. The van der Waals surface area contributed by atoms with E-state index in [1.807, 2.05) is 31.6 Å². The summed E-state index contributed by atoms with van der Waals surface area (Å²) >= 11 is 1.72. The number of thiophene rings is 1. The summed E-state index contributed by atoms with van der Waals surface area (Å²) in [6.07, 6.45) is 1.31. The van der Waals surface area contributed by atoms with Crippen molar-refractivity contribution in [2.45, 2.75) is 26.7 Å². The van der Waals surface area contributed by atoms with Gasteiger partial charge in [0, 0.05) is 29.7 Å². The Labute approximate surface area is 117 Å². The second kappa shape index (κ2) is 6.02. The number of hydrogen-bond donors (Lipinski definition) is 1. The first kappa shape index (κ1) is 13.8. The molecule has 0 saturated carbocycles. The van der Waals surface area contributed by atoms with E-state index < -0.39 is 0 Å². The summed E-state index contributed by atoms with van der Waals surface area (Å²) in [4.78, 5) is 13.2. The zero-order valence-corrected chi connectivity index (χ0v) is 12.4. The molecule has 0 aliphatic heterocycles. The summed E-state index contributed by atoms with van der Waals surface area (Å²) in [6, 6.07) is 4.12. The highest BCUT2D eigenvalue weighted by molar-refractivity contribution is 7.09. The summed E-state index contributed by atoms with van der Waals surface area (Å²) in [5.41, 5.74) is 3.04. The molecule has 0 aliphatic rings. The predicted molar refractivity (Wildman–Crippen MR) is 77.4 cm³/mol. The lowest BCUT2D eigenvalue weighted by molar-refractivity contribution is -0.120. The van der Waals surface area contributed by atoms with Gasteiger partial charge in [-0.1, -0.05) is 6.07 Å². The van der Waals surface area contributed by atoms with Gasteiger partial charge in [-0.3, -0.25) is 9.48 Å². The molecule has 0 unspecified atom stereocenters. The molecule has 0 atom stereocenters. The quantitative estimate of drug-likeness (QED) is 0.908. The van der Waals surface area contributed by atoms with Gasteiger partial charge >= 0.3 is 0 Å². The third kappa shape index (κ3) is 3.44. The number of carbonyl (C=O) groups excluding carboxylic acids is 1. The van der Waals surface area contributed by atoms with Gasteiger partial charge in [0.1, 0.15) is 0 Å². The molecule has 0 aliphatic carbocycles. The van der Waals surface area contributed by atoms with E-state index in [1.54, 1.807) is 11.3 Å². The minimum Gasteiger partial charge on any atom is -0.355 e. The first-order valence-corrected chi connectivity index (χ1v) is 7.24. The van der Waals surface area contributed by atoms with Crippen LogP contribution in [0.5, 0.6) is 0 Å². The fourth-order valence-electron chi connectivity index (χ4n) is 2.08. The highest BCUT2D eigenvalue weighted by Gasteiger charge is 2.12. The Morgan fingerprint density at radius 3 is 2.84 bits per heavy atom. The summed E-state index contributed by atoms with van der Waals surface area (Å²) in [6.45, 7) is 4.63. The van der Waals surface area contributed by atoms with Crippen molar-refractivity contribution in [3.05, 3.63) is 39.3 Å². The number of rotatable bonds is 5. The maximum absolute atomic E-state index is 11.9. The monoisotopic (exact) mass is 277 g/mol. The molecule has 0 spiro atoms. The highest BCUT2D eigenvalue weighted by atomic mass is 32.1. The van der Waals surface area contributed by atoms with E-state index >= 15 is 0 Å². The number of aryl methyl sites for hydroxylation is 2. The number of nitrogens with one attached hydrogen (secondary N) is 1. The molecule has 5 heteroatoms. The van der Waals surface area contributed by atoms with E-state index in [2.05, 4.69) is 21.9 Å². The Balaban J connectivity index is 1.84. The maximum Gasteiger partial charge on any atom is 0.224 e. The topological polar surface area (TPSA) is 46.9 Å². The summed E-state index contributed by atoms with van der Waals surface area (Å²) in [5, 5.41) is 9.34. The van der Waals surface area contributed by atoms with Crippen molar-refractivity contribution in [3.63, 3.8) is 0 Å². The van der Waals surface area contributed by atoms with Crippen LogP contribution in [0, 0.1) is 13.8 Å². The predicted octanol–water partition coefficient (Wildman–Crippen LogP) is 2.00. The van der Waals surface area contributed by atoms with Crippen LogP contribution >= 0.6 is 11.3 Å². The Bertz CT molecular complexity index is 558. The molecule has 0 fully saturated rings. The summed E-state index contributed by atoms with van der Waals surface area (Å²) in [5.74, 6) is 0.0655. The van der Waals surface area contributed by atoms with Crippen molar-refractivity contribution in [2.75, 3.05) is 6.54 Å². The SMILES string of the molecule is Cc1nn(C)c(C)c1CC(=O)NCCc1cccs1. The van der Waals surface area contributed by atoms with Gasteiger partial charge in [-0.25, -0.2) is 0 Å². The van der Waals surface area contributed by atoms with Crippen molar-refractivity contribution in [1.29, 1.82) is 0 Å². The van der Waals surface area contributed by atoms with Gasteiger partial charge in [0.25, 0.3) is 0 Å². The summed E-state index contributed by atoms with van der Waals surface area (Å²) < 4.78 is 1.82. The molecule has 0 bridgehead atoms. The van der Waals surface area contributed by atoms with E-state index in [0.717, 1.165) is 23.4 Å². The first-order chi connectivity index (χ1) is 9.08. The average molecular weight is 277 g/mol. The smallest absolute Gasteiger partial charge is 0.224 e. The molecule has 1 N–H and O–H groups in total. The molecule has 1 amide bonds. The fourth-order valence-corrected chi connectivity index (χ4v) is 2.79. The van der Waals surface area contributed by atoms with Gasteiger partial charge in [-0.2, -0.15) is 5.10 Å².